The number of benzene rings is 2. The number of halogens is 2. The van der Waals surface area contributed by atoms with E-state index in [1.54, 1.807) is 11.8 Å². The Labute approximate surface area is 147 Å². The Morgan fingerprint density at radius 3 is 2.81 bits per heavy atom. The van der Waals surface area contributed by atoms with Crippen LogP contribution in [0.4, 0.5) is 5.69 Å². The van der Waals surface area contributed by atoms with Crippen LogP contribution in [0.25, 0.3) is 0 Å². The van der Waals surface area contributed by atoms with Crippen LogP contribution in [0.2, 0.25) is 5.02 Å². The topological polar surface area (TPSA) is 29.1 Å². The predicted octanol–water partition coefficient (Wildman–Crippen LogP) is 5.12. The van der Waals surface area contributed by atoms with E-state index in [1.165, 1.54) is 3.57 Å². The van der Waals surface area contributed by atoms with Gasteiger partial charge in [-0.25, -0.2) is 0 Å². The number of thioether (sulfide) groups is 1. The molecule has 0 bridgehead atoms. The smallest absolute Gasteiger partial charge is 0.234 e. The number of amides is 1. The minimum Gasteiger partial charge on any atom is -0.325 e. The first kappa shape index (κ1) is 16.6. The van der Waals surface area contributed by atoms with Crippen molar-refractivity contribution in [3.05, 3.63) is 62.2 Å². The lowest BCUT2D eigenvalue weighted by atomic mass is 10.2. The van der Waals surface area contributed by atoms with Gasteiger partial charge in [-0.05, 0) is 71.0 Å². The molecule has 0 aliphatic heterocycles. The lowest BCUT2D eigenvalue weighted by molar-refractivity contribution is -0.113. The standard InChI is InChI=1S/C16H15ClINOS/c1-11-7-14(18)5-6-15(11)19-16(20)10-21-9-12-3-2-4-13(17)8-12/h2-8H,9-10H2,1H3,(H,19,20). The zero-order valence-electron chi connectivity index (χ0n) is 11.5. The zero-order chi connectivity index (χ0) is 15.2. The normalized spacial score (nSPS) is 10.4. The van der Waals surface area contributed by atoms with Gasteiger partial charge in [0.15, 0.2) is 0 Å². The lowest BCUT2D eigenvalue weighted by Gasteiger charge is -2.08. The number of carbonyl (C=O) groups excluding carboxylic acids is 1. The summed E-state index contributed by atoms with van der Waals surface area (Å²) < 4.78 is 1.17. The second kappa shape index (κ2) is 8.06. The molecular formula is C16H15ClINOS. The SMILES string of the molecule is Cc1cc(I)ccc1NC(=O)CSCc1cccc(Cl)c1. The maximum atomic E-state index is 11.9. The van der Waals surface area contributed by atoms with E-state index in [-0.39, 0.29) is 5.91 Å². The van der Waals surface area contributed by atoms with Gasteiger partial charge in [0.05, 0.1) is 5.75 Å². The van der Waals surface area contributed by atoms with E-state index in [0.717, 1.165) is 27.6 Å². The van der Waals surface area contributed by atoms with Gasteiger partial charge in [0.2, 0.25) is 5.91 Å². The third-order valence-electron chi connectivity index (χ3n) is 2.85. The molecule has 0 aliphatic rings. The van der Waals surface area contributed by atoms with Crippen LogP contribution in [-0.2, 0) is 10.5 Å². The van der Waals surface area contributed by atoms with Gasteiger partial charge in [-0.3, -0.25) is 4.79 Å². The number of hydrogen-bond donors (Lipinski definition) is 1. The summed E-state index contributed by atoms with van der Waals surface area (Å²) in [7, 11) is 0. The Balaban J connectivity index is 1.82. The molecule has 0 aliphatic carbocycles. The largest absolute Gasteiger partial charge is 0.325 e. The van der Waals surface area contributed by atoms with Crippen molar-refractivity contribution in [2.45, 2.75) is 12.7 Å². The summed E-state index contributed by atoms with van der Waals surface area (Å²) >= 11 is 9.77. The number of hydrogen-bond acceptors (Lipinski definition) is 2. The third kappa shape index (κ3) is 5.52. The summed E-state index contributed by atoms with van der Waals surface area (Å²) in [6, 6.07) is 13.7. The van der Waals surface area contributed by atoms with E-state index in [4.69, 9.17) is 11.6 Å². The molecule has 1 amide bonds. The average Bonchev–Trinajstić information content (AvgIpc) is 2.42. The van der Waals surface area contributed by atoms with E-state index in [0.29, 0.717) is 5.75 Å². The van der Waals surface area contributed by atoms with Crippen molar-refractivity contribution in [1.29, 1.82) is 0 Å². The number of rotatable bonds is 5. The molecule has 1 N–H and O–H groups in total. The Morgan fingerprint density at radius 2 is 2.10 bits per heavy atom. The second-order valence-corrected chi connectivity index (χ2v) is 7.30. The molecule has 0 saturated carbocycles. The quantitative estimate of drug-likeness (QED) is 0.665. The van der Waals surface area contributed by atoms with E-state index < -0.39 is 0 Å². The van der Waals surface area contributed by atoms with Crippen LogP contribution in [0.1, 0.15) is 11.1 Å². The first-order valence-corrected chi connectivity index (χ1v) is 9.04. The molecule has 5 heteroatoms. The minimum atomic E-state index is 0.0198. The van der Waals surface area contributed by atoms with E-state index >= 15 is 0 Å². The Hall–Kier alpha value is -0.720. The molecule has 0 saturated heterocycles. The van der Waals surface area contributed by atoms with Crippen LogP contribution in [0.5, 0.6) is 0 Å². The molecule has 0 fully saturated rings. The Kier molecular flexibility index (Phi) is 6.39. The fraction of sp³-hybridized carbons (Fsp3) is 0.188. The first-order valence-electron chi connectivity index (χ1n) is 6.43. The second-order valence-electron chi connectivity index (χ2n) is 4.63. The molecule has 0 radical (unpaired) electrons. The molecule has 0 spiro atoms. The highest BCUT2D eigenvalue weighted by atomic mass is 127. The van der Waals surface area contributed by atoms with Crippen molar-refractivity contribution in [1.82, 2.24) is 0 Å². The van der Waals surface area contributed by atoms with E-state index in [2.05, 4.69) is 34.0 Å². The summed E-state index contributed by atoms with van der Waals surface area (Å²) in [5.74, 6) is 1.23. The maximum Gasteiger partial charge on any atom is 0.234 e. The lowest BCUT2D eigenvalue weighted by Crippen LogP contribution is -2.15. The molecule has 0 heterocycles. The van der Waals surface area contributed by atoms with Crippen LogP contribution in [0, 0.1) is 10.5 Å². The molecule has 0 unspecified atom stereocenters. The van der Waals surface area contributed by atoms with Crippen LogP contribution in [0.15, 0.2) is 42.5 Å². The predicted molar refractivity (Wildman–Crippen MR) is 100 cm³/mol. The van der Waals surface area contributed by atoms with Crippen molar-refractivity contribution in [3.63, 3.8) is 0 Å². The van der Waals surface area contributed by atoms with Crippen molar-refractivity contribution >= 4 is 57.5 Å². The van der Waals surface area contributed by atoms with Gasteiger partial charge in [0.1, 0.15) is 0 Å². The van der Waals surface area contributed by atoms with Gasteiger partial charge in [0, 0.05) is 20.0 Å². The molecule has 2 nitrogen and oxygen atoms in total. The Morgan fingerprint density at radius 1 is 1.29 bits per heavy atom. The van der Waals surface area contributed by atoms with E-state index in [9.17, 15) is 4.79 Å². The molecule has 2 rings (SSSR count). The average molecular weight is 432 g/mol. The highest BCUT2D eigenvalue weighted by molar-refractivity contribution is 14.1. The van der Waals surface area contributed by atoms with Gasteiger partial charge >= 0.3 is 0 Å². The van der Waals surface area contributed by atoms with Gasteiger partial charge in [-0.15, -0.1) is 11.8 Å². The van der Waals surface area contributed by atoms with Crippen molar-refractivity contribution in [2.75, 3.05) is 11.1 Å². The Bertz CT molecular complexity index is 648. The van der Waals surface area contributed by atoms with Crippen LogP contribution in [0.3, 0.4) is 0 Å². The summed E-state index contributed by atoms with van der Waals surface area (Å²) in [4.78, 5) is 11.9. The minimum absolute atomic E-state index is 0.0198. The molecular weight excluding hydrogens is 417 g/mol. The van der Waals surface area contributed by atoms with Crippen LogP contribution < -0.4 is 5.32 Å². The van der Waals surface area contributed by atoms with Crippen molar-refractivity contribution < 1.29 is 4.79 Å². The highest BCUT2D eigenvalue weighted by Gasteiger charge is 2.05. The van der Waals surface area contributed by atoms with Gasteiger partial charge in [-0.1, -0.05) is 23.7 Å². The summed E-state index contributed by atoms with van der Waals surface area (Å²) in [6.07, 6.45) is 0. The monoisotopic (exact) mass is 431 g/mol. The fourth-order valence-electron chi connectivity index (χ4n) is 1.84. The van der Waals surface area contributed by atoms with Crippen molar-refractivity contribution in [2.24, 2.45) is 0 Å². The number of carbonyl (C=O) groups is 1. The zero-order valence-corrected chi connectivity index (χ0v) is 15.3. The summed E-state index contributed by atoms with van der Waals surface area (Å²) in [6.45, 7) is 2.00. The molecule has 0 atom stereocenters. The van der Waals surface area contributed by atoms with Crippen LogP contribution >= 0.6 is 46.0 Å². The van der Waals surface area contributed by atoms with E-state index in [1.807, 2.05) is 43.3 Å². The number of anilines is 1. The highest BCUT2D eigenvalue weighted by Crippen LogP contribution is 2.19. The summed E-state index contributed by atoms with van der Waals surface area (Å²) in [5, 5.41) is 3.67. The van der Waals surface area contributed by atoms with Crippen molar-refractivity contribution in [3.8, 4) is 0 Å². The summed E-state index contributed by atoms with van der Waals surface area (Å²) in [5.41, 5.74) is 3.09. The first-order chi connectivity index (χ1) is 10.0. The van der Waals surface area contributed by atoms with Gasteiger partial charge in [-0.2, -0.15) is 0 Å². The molecule has 0 aromatic heterocycles. The van der Waals surface area contributed by atoms with Crippen LogP contribution in [-0.4, -0.2) is 11.7 Å². The number of nitrogens with one attached hydrogen (secondary N) is 1. The number of aryl methyl sites for hydroxylation is 1. The molecule has 2 aromatic carbocycles. The van der Waals surface area contributed by atoms with Gasteiger partial charge < -0.3 is 5.32 Å². The molecule has 21 heavy (non-hydrogen) atoms. The molecule has 2 aromatic rings. The van der Waals surface area contributed by atoms with Gasteiger partial charge in [0.25, 0.3) is 0 Å². The molecule has 110 valence electrons. The maximum absolute atomic E-state index is 11.9. The fourth-order valence-corrected chi connectivity index (χ4v) is 3.48. The third-order valence-corrected chi connectivity index (χ3v) is 4.76.